The minimum Gasteiger partial charge on any atom is -0.495 e. The van der Waals surface area contributed by atoms with Crippen molar-refractivity contribution < 1.29 is 9.47 Å². The molecule has 1 N–H and O–H groups in total. The van der Waals surface area contributed by atoms with Gasteiger partial charge in [0.2, 0.25) is 5.95 Å². The van der Waals surface area contributed by atoms with E-state index < -0.39 is 0 Å². The lowest BCUT2D eigenvalue weighted by molar-refractivity contribution is 0.122. The van der Waals surface area contributed by atoms with Crippen molar-refractivity contribution in [2.45, 2.75) is 6.92 Å². The van der Waals surface area contributed by atoms with Crippen LogP contribution in [-0.2, 0) is 4.74 Å². The molecule has 122 valence electrons. The first-order chi connectivity index (χ1) is 11.2. The summed E-state index contributed by atoms with van der Waals surface area (Å²) >= 11 is 6.07. The summed E-state index contributed by atoms with van der Waals surface area (Å²) in [5, 5.41) is 3.81. The Morgan fingerprint density at radius 2 is 2.00 bits per heavy atom. The third kappa shape index (κ3) is 3.83. The van der Waals surface area contributed by atoms with Crippen molar-refractivity contribution in [1.29, 1.82) is 0 Å². The van der Waals surface area contributed by atoms with E-state index in [1.165, 1.54) is 0 Å². The quantitative estimate of drug-likeness (QED) is 0.927. The number of hydrogen-bond acceptors (Lipinski definition) is 6. The highest BCUT2D eigenvalue weighted by molar-refractivity contribution is 6.31. The van der Waals surface area contributed by atoms with Crippen molar-refractivity contribution in [2.75, 3.05) is 43.6 Å². The van der Waals surface area contributed by atoms with Gasteiger partial charge >= 0.3 is 0 Å². The second-order valence-electron chi connectivity index (χ2n) is 5.26. The first kappa shape index (κ1) is 15.8. The summed E-state index contributed by atoms with van der Waals surface area (Å²) in [5.74, 6) is 2.10. The molecule has 1 saturated heterocycles. The van der Waals surface area contributed by atoms with Gasteiger partial charge in [0.1, 0.15) is 11.6 Å². The van der Waals surface area contributed by atoms with Crippen LogP contribution in [0.2, 0.25) is 5.02 Å². The van der Waals surface area contributed by atoms with E-state index in [-0.39, 0.29) is 0 Å². The van der Waals surface area contributed by atoms with Gasteiger partial charge in [-0.15, -0.1) is 0 Å². The molecule has 3 rings (SSSR count). The number of halogens is 1. The maximum Gasteiger partial charge on any atom is 0.229 e. The lowest BCUT2D eigenvalue weighted by Gasteiger charge is -2.28. The van der Waals surface area contributed by atoms with E-state index in [1.54, 1.807) is 19.2 Å². The lowest BCUT2D eigenvalue weighted by Crippen LogP contribution is -2.36. The molecule has 7 heteroatoms. The summed E-state index contributed by atoms with van der Waals surface area (Å²) < 4.78 is 10.7. The highest BCUT2D eigenvalue weighted by Crippen LogP contribution is 2.30. The van der Waals surface area contributed by atoms with Crippen molar-refractivity contribution in [2.24, 2.45) is 0 Å². The molecule has 1 aromatic heterocycles. The van der Waals surface area contributed by atoms with Crippen molar-refractivity contribution in [3.8, 4) is 5.75 Å². The number of aromatic nitrogens is 2. The Morgan fingerprint density at radius 1 is 1.22 bits per heavy atom. The molecule has 1 fully saturated rings. The van der Waals surface area contributed by atoms with Crippen molar-refractivity contribution in [3.63, 3.8) is 0 Å². The largest absolute Gasteiger partial charge is 0.495 e. The number of nitrogens with one attached hydrogen (secondary N) is 1. The van der Waals surface area contributed by atoms with E-state index in [0.717, 1.165) is 30.3 Å². The summed E-state index contributed by atoms with van der Waals surface area (Å²) in [5.41, 5.74) is 1.63. The predicted molar refractivity (Wildman–Crippen MR) is 91.1 cm³/mol. The van der Waals surface area contributed by atoms with Gasteiger partial charge in [-0.2, -0.15) is 4.98 Å². The molecule has 0 saturated carbocycles. The Hall–Kier alpha value is -2.05. The minimum atomic E-state index is 0.520. The summed E-state index contributed by atoms with van der Waals surface area (Å²) in [6, 6.07) is 7.36. The Kier molecular flexibility index (Phi) is 4.83. The Labute approximate surface area is 140 Å². The number of aryl methyl sites for hydroxylation is 1. The maximum absolute atomic E-state index is 6.07. The zero-order valence-electron chi connectivity index (χ0n) is 13.2. The Bertz CT molecular complexity index is 690. The van der Waals surface area contributed by atoms with Gasteiger partial charge in [0.05, 0.1) is 26.0 Å². The molecule has 2 aromatic rings. The summed E-state index contributed by atoms with van der Waals surface area (Å²) in [4.78, 5) is 11.3. The van der Waals surface area contributed by atoms with Gasteiger partial charge in [0.25, 0.3) is 0 Å². The zero-order chi connectivity index (χ0) is 16.2. The third-order valence-electron chi connectivity index (χ3n) is 3.58. The van der Waals surface area contributed by atoms with Crippen LogP contribution in [0, 0.1) is 6.92 Å². The normalized spacial score (nSPS) is 14.7. The van der Waals surface area contributed by atoms with Crippen LogP contribution in [0.4, 0.5) is 17.5 Å². The minimum absolute atomic E-state index is 0.520. The van der Waals surface area contributed by atoms with Crippen LogP contribution in [0.3, 0.4) is 0 Å². The van der Waals surface area contributed by atoms with Crippen LogP contribution >= 0.6 is 11.6 Å². The zero-order valence-corrected chi connectivity index (χ0v) is 13.9. The van der Waals surface area contributed by atoms with Crippen molar-refractivity contribution in [3.05, 3.63) is 35.0 Å². The van der Waals surface area contributed by atoms with E-state index in [0.29, 0.717) is 29.9 Å². The fourth-order valence-corrected chi connectivity index (χ4v) is 2.63. The van der Waals surface area contributed by atoms with Crippen LogP contribution in [0.25, 0.3) is 0 Å². The molecule has 0 amide bonds. The number of hydrogen-bond donors (Lipinski definition) is 1. The highest BCUT2D eigenvalue weighted by Gasteiger charge is 2.15. The fourth-order valence-electron chi connectivity index (χ4n) is 2.46. The highest BCUT2D eigenvalue weighted by atomic mass is 35.5. The second-order valence-corrected chi connectivity index (χ2v) is 5.70. The molecule has 1 aliphatic heterocycles. The molecule has 0 aliphatic carbocycles. The topological polar surface area (TPSA) is 59.5 Å². The summed E-state index contributed by atoms with van der Waals surface area (Å²) in [6.07, 6.45) is 0. The Morgan fingerprint density at radius 3 is 2.74 bits per heavy atom. The third-order valence-corrected chi connectivity index (χ3v) is 3.82. The van der Waals surface area contributed by atoms with E-state index in [4.69, 9.17) is 21.1 Å². The van der Waals surface area contributed by atoms with Crippen molar-refractivity contribution in [1.82, 2.24) is 9.97 Å². The molecule has 2 heterocycles. The molecule has 23 heavy (non-hydrogen) atoms. The molecule has 1 aromatic carbocycles. The molecular formula is C16H19ClN4O2. The standard InChI is InChI=1S/C16H19ClN4O2/c1-11-9-15(21-5-7-23-8-6-21)20-16(18-11)19-13-10-12(17)3-4-14(13)22-2/h3-4,9-10H,5-8H2,1-2H3,(H,18,19,20). The van der Waals surface area contributed by atoms with Crippen molar-refractivity contribution >= 4 is 29.1 Å². The Balaban J connectivity index is 1.88. The summed E-state index contributed by atoms with van der Waals surface area (Å²) in [7, 11) is 1.62. The number of nitrogens with zero attached hydrogens (tertiary/aromatic N) is 3. The van der Waals surface area contributed by atoms with E-state index in [1.807, 2.05) is 19.1 Å². The van der Waals surface area contributed by atoms with Crippen LogP contribution in [0.5, 0.6) is 5.75 Å². The van der Waals surface area contributed by atoms with Gasteiger partial charge in [0, 0.05) is 29.9 Å². The van der Waals surface area contributed by atoms with Gasteiger partial charge in [-0.25, -0.2) is 4.98 Å². The van der Waals surface area contributed by atoms with Gasteiger partial charge in [-0.05, 0) is 25.1 Å². The number of methoxy groups -OCH3 is 1. The van der Waals surface area contributed by atoms with Gasteiger partial charge in [-0.3, -0.25) is 0 Å². The van der Waals surface area contributed by atoms with E-state index in [2.05, 4.69) is 20.2 Å². The lowest BCUT2D eigenvalue weighted by atomic mass is 10.3. The summed E-state index contributed by atoms with van der Waals surface area (Å²) in [6.45, 7) is 5.04. The number of benzene rings is 1. The molecule has 6 nitrogen and oxygen atoms in total. The fraction of sp³-hybridized carbons (Fsp3) is 0.375. The second kappa shape index (κ2) is 7.02. The molecule has 0 spiro atoms. The number of ether oxygens (including phenoxy) is 2. The number of morpholine rings is 1. The van der Waals surface area contributed by atoms with Crippen LogP contribution in [0.15, 0.2) is 24.3 Å². The predicted octanol–water partition coefficient (Wildman–Crippen LogP) is 3.03. The average molecular weight is 335 g/mol. The molecule has 0 atom stereocenters. The first-order valence-corrected chi connectivity index (χ1v) is 7.82. The monoisotopic (exact) mass is 334 g/mol. The van der Waals surface area contributed by atoms with Gasteiger partial charge in [0.15, 0.2) is 0 Å². The van der Waals surface area contributed by atoms with E-state index in [9.17, 15) is 0 Å². The molecule has 0 radical (unpaired) electrons. The molecule has 0 bridgehead atoms. The molecule has 0 unspecified atom stereocenters. The first-order valence-electron chi connectivity index (χ1n) is 7.44. The SMILES string of the molecule is COc1ccc(Cl)cc1Nc1nc(C)cc(N2CCOCC2)n1. The van der Waals surface area contributed by atoms with Crippen LogP contribution in [0.1, 0.15) is 5.69 Å². The van der Waals surface area contributed by atoms with E-state index >= 15 is 0 Å². The van der Waals surface area contributed by atoms with Gasteiger partial charge < -0.3 is 19.7 Å². The maximum atomic E-state index is 6.07. The average Bonchev–Trinajstić information content (AvgIpc) is 2.55. The van der Waals surface area contributed by atoms with Crippen LogP contribution < -0.4 is 15.0 Å². The van der Waals surface area contributed by atoms with Gasteiger partial charge in [-0.1, -0.05) is 11.6 Å². The number of anilines is 3. The van der Waals surface area contributed by atoms with Crippen LogP contribution in [-0.4, -0.2) is 43.4 Å². The molecule has 1 aliphatic rings. The number of rotatable bonds is 4. The molecular weight excluding hydrogens is 316 g/mol. The smallest absolute Gasteiger partial charge is 0.229 e.